The Hall–Kier alpha value is -2.64. The summed E-state index contributed by atoms with van der Waals surface area (Å²) in [5.41, 5.74) is 1.58. The minimum atomic E-state index is -0.460. The largest absolute Gasteiger partial charge is 0.377 e. The molecule has 7 nitrogen and oxygen atoms in total. The van der Waals surface area contributed by atoms with Crippen LogP contribution in [0.3, 0.4) is 0 Å². The van der Waals surface area contributed by atoms with E-state index in [2.05, 4.69) is 10.6 Å². The molecule has 1 aliphatic carbocycles. The van der Waals surface area contributed by atoms with Gasteiger partial charge in [-0.25, -0.2) is 0 Å². The van der Waals surface area contributed by atoms with Gasteiger partial charge in [0.1, 0.15) is 11.7 Å². The molecule has 2 aromatic carbocycles. The van der Waals surface area contributed by atoms with E-state index in [0.717, 1.165) is 23.3 Å². The number of nitrogens with one attached hydrogen (secondary N) is 3. The van der Waals surface area contributed by atoms with Crippen LogP contribution in [0.15, 0.2) is 42.5 Å². The second-order valence-electron chi connectivity index (χ2n) is 7.27. The second-order valence-corrected chi connectivity index (χ2v) is 7.68. The number of carbonyl (C=O) groups excluding carboxylic acids is 1. The van der Waals surface area contributed by atoms with Crippen molar-refractivity contribution in [1.82, 2.24) is 5.32 Å². The molecule has 1 atom stereocenters. The van der Waals surface area contributed by atoms with E-state index < -0.39 is 4.92 Å². The maximum absolute atomic E-state index is 12.6. The molecule has 8 heteroatoms. The number of amides is 1. The van der Waals surface area contributed by atoms with E-state index in [1.807, 2.05) is 38.4 Å². The highest BCUT2D eigenvalue weighted by atomic mass is 35.5. The summed E-state index contributed by atoms with van der Waals surface area (Å²) in [6, 6.07) is 12.3. The first-order chi connectivity index (χ1) is 13.4. The Labute approximate surface area is 168 Å². The number of anilines is 1. The molecule has 148 valence electrons. The van der Waals surface area contributed by atoms with Gasteiger partial charge in [0.25, 0.3) is 11.6 Å². The van der Waals surface area contributed by atoms with Crippen LogP contribution in [0.1, 0.15) is 34.8 Å². The topological polar surface area (TPSA) is 88.7 Å². The van der Waals surface area contributed by atoms with Crippen LogP contribution in [0.25, 0.3) is 0 Å². The van der Waals surface area contributed by atoms with Gasteiger partial charge in [0.2, 0.25) is 0 Å². The number of rotatable bonds is 8. The molecule has 1 fully saturated rings. The van der Waals surface area contributed by atoms with Crippen LogP contribution < -0.4 is 15.5 Å². The van der Waals surface area contributed by atoms with E-state index in [1.54, 1.807) is 12.1 Å². The van der Waals surface area contributed by atoms with Crippen molar-refractivity contribution < 1.29 is 14.6 Å². The monoisotopic (exact) mass is 403 g/mol. The minimum Gasteiger partial charge on any atom is -0.377 e. The number of likely N-dealkylation sites (N-methyl/N-ethyl adjacent to an activating group) is 1. The van der Waals surface area contributed by atoms with Gasteiger partial charge in [-0.05, 0) is 31.0 Å². The standard InChI is InChI=1S/C20H23ClN4O3/c1-24(2)19(15-5-3-4-6-16(15)21)12-22-20(26)13-7-10-17(23-14-8-9-14)18(11-13)25(27)28/h3-7,10-11,14,19,23H,8-9,12H2,1-2H3,(H,22,26)/p+1/t19-/m1/s1. The first kappa shape index (κ1) is 20.1. The molecule has 0 bridgehead atoms. The van der Waals surface area contributed by atoms with E-state index in [9.17, 15) is 14.9 Å². The summed E-state index contributed by atoms with van der Waals surface area (Å²) >= 11 is 6.31. The van der Waals surface area contributed by atoms with Gasteiger partial charge in [0, 0.05) is 28.3 Å². The van der Waals surface area contributed by atoms with Crippen molar-refractivity contribution in [1.29, 1.82) is 0 Å². The normalized spacial score (nSPS) is 14.6. The number of nitrogens with zero attached hydrogens (tertiary/aromatic N) is 1. The first-order valence-corrected chi connectivity index (χ1v) is 9.62. The number of quaternary nitrogens is 1. The Morgan fingerprint density at radius 3 is 2.61 bits per heavy atom. The summed E-state index contributed by atoms with van der Waals surface area (Å²) in [7, 11) is 3.98. The molecule has 1 saturated carbocycles. The van der Waals surface area contributed by atoms with Gasteiger partial charge in [0.15, 0.2) is 0 Å². The zero-order valence-electron chi connectivity index (χ0n) is 15.9. The lowest BCUT2D eigenvalue weighted by Gasteiger charge is -2.23. The van der Waals surface area contributed by atoms with Crippen molar-refractivity contribution in [3.05, 3.63) is 68.7 Å². The third kappa shape index (κ3) is 4.79. The molecule has 28 heavy (non-hydrogen) atoms. The molecule has 2 aromatic rings. The summed E-state index contributed by atoms with van der Waals surface area (Å²) in [6.45, 7) is 0.362. The highest BCUT2D eigenvalue weighted by Gasteiger charge is 2.26. The summed E-state index contributed by atoms with van der Waals surface area (Å²) < 4.78 is 0. The molecule has 1 amide bonds. The van der Waals surface area contributed by atoms with Gasteiger partial charge < -0.3 is 15.5 Å². The van der Waals surface area contributed by atoms with Crippen molar-refractivity contribution in [2.75, 3.05) is 26.0 Å². The molecule has 1 aliphatic rings. The van der Waals surface area contributed by atoms with E-state index in [0.29, 0.717) is 17.3 Å². The SMILES string of the molecule is C[NH+](C)[C@H](CNC(=O)c1ccc(NC2CC2)c([N+](=O)[O-])c1)c1ccccc1Cl. The second kappa shape index (κ2) is 8.58. The Morgan fingerprint density at radius 1 is 1.29 bits per heavy atom. The summed E-state index contributed by atoms with van der Waals surface area (Å²) in [5, 5.41) is 18.1. The van der Waals surface area contributed by atoms with Gasteiger partial charge in [-0.15, -0.1) is 0 Å². The fourth-order valence-corrected chi connectivity index (χ4v) is 3.34. The summed E-state index contributed by atoms with van der Waals surface area (Å²) in [4.78, 5) is 24.7. The predicted octanol–water partition coefficient (Wildman–Crippen LogP) is 2.44. The lowest BCUT2D eigenvalue weighted by Crippen LogP contribution is -3.07. The number of nitro benzene ring substituents is 1. The van der Waals surface area contributed by atoms with Gasteiger partial charge in [-0.1, -0.05) is 29.8 Å². The Bertz CT molecular complexity index is 884. The van der Waals surface area contributed by atoms with Crippen LogP contribution in [-0.2, 0) is 0 Å². The number of benzene rings is 2. The third-order valence-electron chi connectivity index (χ3n) is 4.84. The summed E-state index contributed by atoms with van der Waals surface area (Å²) in [5.74, 6) is -0.348. The number of halogens is 1. The van der Waals surface area contributed by atoms with Crippen molar-refractivity contribution in [3.63, 3.8) is 0 Å². The van der Waals surface area contributed by atoms with Crippen molar-refractivity contribution >= 4 is 28.9 Å². The molecular formula is C20H24ClN4O3+. The molecular weight excluding hydrogens is 380 g/mol. The molecule has 0 saturated heterocycles. The summed E-state index contributed by atoms with van der Waals surface area (Å²) in [6.07, 6.45) is 2.02. The zero-order chi connectivity index (χ0) is 20.3. The van der Waals surface area contributed by atoms with E-state index in [-0.39, 0.29) is 29.2 Å². The van der Waals surface area contributed by atoms with Gasteiger partial charge in [-0.2, -0.15) is 0 Å². The molecule has 0 spiro atoms. The highest BCUT2D eigenvalue weighted by Crippen LogP contribution is 2.31. The van der Waals surface area contributed by atoms with E-state index >= 15 is 0 Å². The van der Waals surface area contributed by atoms with Crippen molar-refractivity contribution in [2.24, 2.45) is 0 Å². The molecule has 0 radical (unpaired) electrons. The quantitative estimate of drug-likeness (QED) is 0.466. The maximum Gasteiger partial charge on any atom is 0.293 e. The van der Waals surface area contributed by atoms with Crippen LogP contribution in [0.4, 0.5) is 11.4 Å². The lowest BCUT2D eigenvalue weighted by atomic mass is 10.1. The van der Waals surface area contributed by atoms with Crippen LogP contribution >= 0.6 is 11.6 Å². The van der Waals surface area contributed by atoms with Crippen LogP contribution in [0.2, 0.25) is 5.02 Å². The Balaban J connectivity index is 1.73. The van der Waals surface area contributed by atoms with Gasteiger partial charge in [-0.3, -0.25) is 14.9 Å². The Morgan fingerprint density at radius 2 is 2.00 bits per heavy atom. The average molecular weight is 404 g/mol. The molecule has 3 N–H and O–H groups in total. The van der Waals surface area contributed by atoms with Gasteiger partial charge in [0.05, 0.1) is 25.6 Å². The molecule has 3 rings (SSSR count). The highest BCUT2D eigenvalue weighted by molar-refractivity contribution is 6.31. The van der Waals surface area contributed by atoms with Gasteiger partial charge >= 0.3 is 0 Å². The van der Waals surface area contributed by atoms with Crippen LogP contribution in [0.5, 0.6) is 0 Å². The number of carbonyl (C=O) groups is 1. The Kier molecular flexibility index (Phi) is 6.16. The van der Waals surface area contributed by atoms with Crippen molar-refractivity contribution in [3.8, 4) is 0 Å². The molecule has 0 aliphatic heterocycles. The van der Waals surface area contributed by atoms with Crippen molar-refractivity contribution in [2.45, 2.75) is 24.9 Å². The molecule has 0 aromatic heterocycles. The van der Waals surface area contributed by atoms with Crippen LogP contribution in [0, 0.1) is 10.1 Å². The average Bonchev–Trinajstić information content (AvgIpc) is 3.47. The number of nitro groups is 1. The number of hydrogen-bond acceptors (Lipinski definition) is 4. The van der Waals surface area contributed by atoms with E-state index in [1.165, 1.54) is 6.07 Å². The lowest BCUT2D eigenvalue weighted by molar-refractivity contribution is -0.890. The first-order valence-electron chi connectivity index (χ1n) is 9.24. The zero-order valence-corrected chi connectivity index (χ0v) is 16.6. The fourth-order valence-electron chi connectivity index (χ4n) is 3.07. The van der Waals surface area contributed by atoms with Crippen LogP contribution in [-0.4, -0.2) is 37.5 Å². The third-order valence-corrected chi connectivity index (χ3v) is 5.18. The molecule has 0 unspecified atom stereocenters. The fraction of sp³-hybridized carbons (Fsp3) is 0.350. The molecule has 0 heterocycles. The van der Waals surface area contributed by atoms with E-state index in [4.69, 9.17) is 11.6 Å². The predicted molar refractivity (Wildman–Crippen MR) is 109 cm³/mol. The smallest absolute Gasteiger partial charge is 0.293 e. The maximum atomic E-state index is 12.6. The number of hydrogen-bond donors (Lipinski definition) is 3. The minimum absolute atomic E-state index is 0.0385.